The Bertz CT molecular complexity index is 1580. The van der Waals surface area contributed by atoms with Gasteiger partial charge in [0.25, 0.3) is 0 Å². The fourth-order valence-electron chi connectivity index (χ4n) is 8.15. The van der Waals surface area contributed by atoms with Gasteiger partial charge in [0.05, 0.1) is 6.61 Å². The molecule has 0 aliphatic heterocycles. The Labute approximate surface area is 457 Å². The van der Waals surface area contributed by atoms with Crippen LogP contribution in [0.3, 0.4) is 0 Å². The van der Waals surface area contributed by atoms with E-state index in [0.717, 1.165) is 122 Å². The third-order valence-corrected chi connectivity index (χ3v) is 12.6. The molecular formula is C69H112O5. The van der Waals surface area contributed by atoms with Crippen molar-refractivity contribution in [2.75, 3.05) is 13.2 Å². The standard InChI is InChI=1S/C69H112O5/c1-3-5-7-9-11-13-15-17-19-21-23-24-25-26-27-28-29-30-31-32-33-34-35-36-37-38-39-40-41-42-43-44-46-48-50-52-54-56-58-60-62-64-69(72)74-67(65-70)66-73-68(71)63-61-59-57-55-53-51-49-47-45-22-20-18-16-14-12-10-8-6-4-2/h5-8,11-14,17-20,23-24,26-27,29-30,32-33,45,47,51,53,67,70H,3-4,9-10,15-16,21-22,25,28,31,34-44,46,48-50,52,54-66H2,1-2H3/b7-5-,8-6-,13-11-,14-12-,19-17-,20-18-,24-23-,27-26-,30-29-,33-32-,47-45-,53-51-. The summed E-state index contributed by atoms with van der Waals surface area (Å²) in [4.78, 5) is 24.5. The first-order chi connectivity index (χ1) is 36.6. The third-order valence-electron chi connectivity index (χ3n) is 12.6. The number of allylic oxidation sites excluding steroid dienone is 24. The number of ether oxygens (including phenoxy) is 2. The lowest BCUT2D eigenvalue weighted by Gasteiger charge is -2.15. The van der Waals surface area contributed by atoms with Crippen LogP contribution in [0.2, 0.25) is 0 Å². The van der Waals surface area contributed by atoms with E-state index in [-0.39, 0.29) is 25.2 Å². The van der Waals surface area contributed by atoms with Crippen molar-refractivity contribution in [1.82, 2.24) is 0 Å². The fourth-order valence-corrected chi connectivity index (χ4v) is 8.15. The topological polar surface area (TPSA) is 72.8 Å². The molecule has 1 atom stereocenters. The Hall–Kier alpha value is -4.22. The molecule has 418 valence electrons. The molecule has 1 unspecified atom stereocenters. The van der Waals surface area contributed by atoms with E-state index in [2.05, 4.69) is 160 Å². The fraction of sp³-hybridized carbons (Fsp3) is 0.623. The maximum Gasteiger partial charge on any atom is 0.306 e. The molecule has 0 heterocycles. The van der Waals surface area contributed by atoms with Crippen LogP contribution in [0.4, 0.5) is 0 Å². The number of carbonyl (C=O) groups excluding carboxylic acids is 2. The lowest BCUT2D eigenvalue weighted by Crippen LogP contribution is -2.28. The molecule has 0 spiro atoms. The van der Waals surface area contributed by atoms with Gasteiger partial charge in [0, 0.05) is 12.8 Å². The Morgan fingerprint density at radius 2 is 0.541 bits per heavy atom. The number of rotatable bonds is 54. The first kappa shape index (κ1) is 69.8. The molecular weight excluding hydrogens is 909 g/mol. The van der Waals surface area contributed by atoms with Crippen molar-refractivity contribution in [1.29, 1.82) is 0 Å². The largest absolute Gasteiger partial charge is 0.462 e. The molecule has 1 N–H and O–H groups in total. The van der Waals surface area contributed by atoms with Crippen molar-refractivity contribution >= 4 is 11.9 Å². The van der Waals surface area contributed by atoms with Crippen LogP contribution in [0, 0.1) is 0 Å². The van der Waals surface area contributed by atoms with Gasteiger partial charge in [-0.3, -0.25) is 9.59 Å². The van der Waals surface area contributed by atoms with E-state index in [1.807, 2.05) is 0 Å². The summed E-state index contributed by atoms with van der Waals surface area (Å²) in [7, 11) is 0. The molecule has 0 rings (SSSR count). The van der Waals surface area contributed by atoms with E-state index in [1.54, 1.807) is 0 Å². The summed E-state index contributed by atoms with van der Waals surface area (Å²) < 4.78 is 10.7. The number of esters is 2. The van der Waals surface area contributed by atoms with Crippen molar-refractivity contribution in [2.45, 2.75) is 264 Å². The maximum absolute atomic E-state index is 12.3. The predicted molar refractivity (Wildman–Crippen MR) is 324 cm³/mol. The second-order valence-electron chi connectivity index (χ2n) is 19.7. The van der Waals surface area contributed by atoms with Crippen molar-refractivity contribution in [3.63, 3.8) is 0 Å². The van der Waals surface area contributed by atoms with Crippen LogP contribution in [0.15, 0.2) is 146 Å². The first-order valence-corrected chi connectivity index (χ1v) is 30.4. The first-order valence-electron chi connectivity index (χ1n) is 30.4. The molecule has 74 heavy (non-hydrogen) atoms. The maximum atomic E-state index is 12.3. The van der Waals surface area contributed by atoms with Crippen LogP contribution in [-0.4, -0.2) is 36.4 Å². The number of unbranched alkanes of at least 4 members (excludes halogenated alkanes) is 22. The van der Waals surface area contributed by atoms with Gasteiger partial charge in [-0.1, -0.05) is 275 Å². The van der Waals surface area contributed by atoms with Gasteiger partial charge in [0.1, 0.15) is 6.61 Å². The monoisotopic (exact) mass is 1020 g/mol. The summed E-state index contributed by atoms with van der Waals surface area (Å²) in [5.41, 5.74) is 0. The lowest BCUT2D eigenvalue weighted by molar-refractivity contribution is -0.161. The van der Waals surface area contributed by atoms with Gasteiger partial charge in [0.2, 0.25) is 0 Å². The van der Waals surface area contributed by atoms with Crippen LogP contribution in [-0.2, 0) is 19.1 Å². The zero-order chi connectivity index (χ0) is 53.4. The van der Waals surface area contributed by atoms with E-state index < -0.39 is 6.10 Å². The summed E-state index contributed by atoms with van der Waals surface area (Å²) in [5.74, 6) is -0.630. The Morgan fingerprint density at radius 3 is 0.824 bits per heavy atom. The second kappa shape index (κ2) is 63.1. The molecule has 0 bridgehead atoms. The quantitative estimate of drug-likeness (QED) is 0.0373. The SMILES string of the molecule is CC/C=C\C/C=C\C/C=C\C/C=C\C/C=C\C/C=C\C/C=C\CCCCCCCCCCCCCCCCCCCCCC(=O)OC(CO)COC(=O)CCCCC/C=C\C/C=C\C/C=C\C/C=C\C/C=C\CC. The van der Waals surface area contributed by atoms with Gasteiger partial charge in [-0.15, -0.1) is 0 Å². The third kappa shape index (κ3) is 60.3. The van der Waals surface area contributed by atoms with Crippen LogP contribution in [0.5, 0.6) is 0 Å². The molecule has 5 heteroatoms. The van der Waals surface area contributed by atoms with Gasteiger partial charge >= 0.3 is 11.9 Å². The van der Waals surface area contributed by atoms with Gasteiger partial charge in [-0.25, -0.2) is 0 Å². The Kier molecular flexibility index (Phi) is 59.5. The second-order valence-corrected chi connectivity index (χ2v) is 19.7. The highest BCUT2D eigenvalue weighted by Gasteiger charge is 2.16. The lowest BCUT2D eigenvalue weighted by atomic mass is 10.0. The van der Waals surface area contributed by atoms with Crippen LogP contribution >= 0.6 is 0 Å². The van der Waals surface area contributed by atoms with Crippen molar-refractivity contribution in [3.05, 3.63) is 146 Å². The minimum atomic E-state index is -0.794. The molecule has 5 nitrogen and oxygen atoms in total. The van der Waals surface area contributed by atoms with E-state index in [0.29, 0.717) is 12.8 Å². The normalized spacial score (nSPS) is 13.3. The molecule has 0 aliphatic carbocycles. The summed E-state index contributed by atoms with van der Waals surface area (Å²) in [6.45, 7) is 3.89. The van der Waals surface area contributed by atoms with Gasteiger partial charge in [-0.05, 0) is 116 Å². The highest BCUT2D eigenvalue weighted by atomic mass is 16.6. The zero-order valence-corrected chi connectivity index (χ0v) is 47.8. The number of hydrogen-bond donors (Lipinski definition) is 1. The Morgan fingerprint density at radius 1 is 0.311 bits per heavy atom. The van der Waals surface area contributed by atoms with Crippen molar-refractivity contribution in [3.8, 4) is 0 Å². The summed E-state index contributed by atoms with van der Waals surface area (Å²) in [5, 5.41) is 9.65. The van der Waals surface area contributed by atoms with E-state index in [9.17, 15) is 14.7 Å². The van der Waals surface area contributed by atoms with Crippen molar-refractivity contribution < 1.29 is 24.2 Å². The van der Waals surface area contributed by atoms with Crippen LogP contribution in [0.25, 0.3) is 0 Å². The zero-order valence-electron chi connectivity index (χ0n) is 47.8. The number of aliphatic hydroxyl groups is 1. The molecule has 0 amide bonds. The van der Waals surface area contributed by atoms with E-state index >= 15 is 0 Å². The summed E-state index contributed by atoms with van der Waals surface area (Å²) >= 11 is 0. The van der Waals surface area contributed by atoms with Gasteiger partial charge in [-0.2, -0.15) is 0 Å². The number of hydrogen-bond acceptors (Lipinski definition) is 5. The Balaban J connectivity index is 3.51. The molecule has 0 radical (unpaired) electrons. The minimum absolute atomic E-state index is 0.0885. The smallest absolute Gasteiger partial charge is 0.306 e. The van der Waals surface area contributed by atoms with Gasteiger partial charge < -0.3 is 14.6 Å². The number of aliphatic hydroxyl groups excluding tert-OH is 1. The molecule has 0 aromatic heterocycles. The predicted octanol–water partition coefficient (Wildman–Crippen LogP) is 21.0. The highest BCUT2D eigenvalue weighted by molar-refractivity contribution is 5.70. The van der Waals surface area contributed by atoms with Gasteiger partial charge in [0.15, 0.2) is 6.10 Å². The average Bonchev–Trinajstić information content (AvgIpc) is 3.40. The molecule has 0 aliphatic rings. The number of carbonyl (C=O) groups is 2. The van der Waals surface area contributed by atoms with E-state index in [1.165, 1.54) is 109 Å². The summed E-state index contributed by atoms with van der Waals surface area (Å²) in [6, 6.07) is 0. The minimum Gasteiger partial charge on any atom is -0.462 e. The summed E-state index contributed by atoms with van der Waals surface area (Å²) in [6.07, 6.45) is 95.6. The van der Waals surface area contributed by atoms with Crippen LogP contribution < -0.4 is 0 Å². The molecule has 0 saturated carbocycles. The molecule has 0 aromatic carbocycles. The van der Waals surface area contributed by atoms with Crippen molar-refractivity contribution in [2.24, 2.45) is 0 Å². The molecule has 0 saturated heterocycles. The molecule has 0 aromatic rings. The van der Waals surface area contributed by atoms with Crippen LogP contribution in [0.1, 0.15) is 258 Å². The highest BCUT2D eigenvalue weighted by Crippen LogP contribution is 2.16. The van der Waals surface area contributed by atoms with E-state index in [4.69, 9.17) is 9.47 Å². The average molecular weight is 1020 g/mol. The molecule has 0 fully saturated rings.